The Balaban J connectivity index is 2.35. The van der Waals surface area contributed by atoms with Crippen LogP contribution in [0.3, 0.4) is 0 Å². The summed E-state index contributed by atoms with van der Waals surface area (Å²) in [4.78, 5) is 40.4. The fourth-order valence-corrected chi connectivity index (χ4v) is 3.98. The molecule has 0 spiro atoms. The molecule has 6 nitrogen and oxygen atoms in total. The molecule has 0 fully saturated rings. The van der Waals surface area contributed by atoms with Crippen LogP contribution in [0.1, 0.15) is 27.7 Å². The largest absolute Gasteiger partial charge is 0.467 e. The number of fused-ring (bicyclic) bond motifs is 1. The summed E-state index contributed by atoms with van der Waals surface area (Å²) < 4.78 is 3.42. The number of methoxy groups -OCH3 is 1. The Kier molecular flexibility index (Phi) is 5.77. The molecule has 0 aliphatic carbocycles. The van der Waals surface area contributed by atoms with Gasteiger partial charge in [0.1, 0.15) is 6.04 Å². The molecule has 0 saturated heterocycles. The highest BCUT2D eigenvalue weighted by atomic mass is 32.2. The fourth-order valence-electron chi connectivity index (χ4n) is 2.76. The fraction of sp³-hybridized carbons (Fsp3) is 0.500. The van der Waals surface area contributed by atoms with Crippen molar-refractivity contribution in [2.24, 2.45) is 5.92 Å². The first-order valence-electron chi connectivity index (χ1n) is 8.25. The Morgan fingerprint density at radius 1 is 1.32 bits per heavy atom. The lowest BCUT2D eigenvalue weighted by molar-refractivity contribution is -0.147. The van der Waals surface area contributed by atoms with Gasteiger partial charge < -0.3 is 15.0 Å². The summed E-state index contributed by atoms with van der Waals surface area (Å²) in [5.41, 5.74) is 0.804. The number of para-hydroxylation sites is 1. The topological polar surface area (TPSA) is 75.7 Å². The summed E-state index contributed by atoms with van der Waals surface area (Å²) in [5.74, 6) is -1.45. The number of carbonyl (C=O) groups excluding carboxylic acids is 3. The van der Waals surface area contributed by atoms with Crippen LogP contribution in [0.4, 0.5) is 5.69 Å². The predicted octanol–water partition coefficient (Wildman–Crippen LogP) is 2.22. The van der Waals surface area contributed by atoms with E-state index in [1.165, 1.54) is 18.9 Å². The van der Waals surface area contributed by atoms with Gasteiger partial charge >= 0.3 is 5.97 Å². The van der Waals surface area contributed by atoms with Gasteiger partial charge in [-0.05, 0) is 31.9 Å². The van der Waals surface area contributed by atoms with Gasteiger partial charge in [-0.25, -0.2) is 4.79 Å². The molecule has 2 rings (SSSR count). The zero-order valence-corrected chi connectivity index (χ0v) is 16.0. The maximum atomic E-state index is 13.0. The van der Waals surface area contributed by atoms with Crippen molar-refractivity contribution in [3.8, 4) is 0 Å². The number of benzene rings is 1. The van der Waals surface area contributed by atoms with Crippen molar-refractivity contribution < 1.29 is 19.1 Å². The number of thioether (sulfide) groups is 1. The van der Waals surface area contributed by atoms with E-state index in [-0.39, 0.29) is 11.8 Å². The van der Waals surface area contributed by atoms with Gasteiger partial charge in [0.15, 0.2) is 4.75 Å². The molecule has 1 aliphatic heterocycles. The maximum Gasteiger partial charge on any atom is 0.328 e. The molecule has 0 radical (unpaired) electrons. The molecule has 7 heteroatoms. The average Bonchev–Trinajstić information content (AvgIpc) is 2.59. The van der Waals surface area contributed by atoms with Crippen molar-refractivity contribution in [3.05, 3.63) is 24.3 Å². The Morgan fingerprint density at radius 3 is 2.52 bits per heavy atom. The second-order valence-electron chi connectivity index (χ2n) is 6.37. The molecule has 136 valence electrons. The van der Waals surface area contributed by atoms with Gasteiger partial charge in [0.2, 0.25) is 5.91 Å². The molecular weight excluding hydrogens is 340 g/mol. The van der Waals surface area contributed by atoms with Crippen LogP contribution in [0.15, 0.2) is 29.2 Å². The van der Waals surface area contributed by atoms with Crippen molar-refractivity contribution in [1.82, 2.24) is 5.32 Å². The van der Waals surface area contributed by atoms with E-state index in [4.69, 9.17) is 4.74 Å². The van der Waals surface area contributed by atoms with Crippen LogP contribution in [0, 0.1) is 5.92 Å². The normalized spacial score (nSPS) is 20.9. The minimum Gasteiger partial charge on any atom is -0.467 e. The van der Waals surface area contributed by atoms with Crippen LogP contribution in [0.25, 0.3) is 0 Å². The molecule has 1 heterocycles. The van der Waals surface area contributed by atoms with E-state index in [0.717, 1.165) is 10.6 Å². The highest BCUT2D eigenvalue weighted by Gasteiger charge is 2.49. The number of anilines is 1. The summed E-state index contributed by atoms with van der Waals surface area (Å²) in [7, 11) is 1.28. The van der Waals surface area contributed by atoms with Gasteiger partial charge in [-0.1, -0.05) is 37.7 Å². The van der Waals surface area contributed by atoms with E-state index in [9.17, 15) is 14.4 Å². The lowest BCUT2D eigenvalue weighted by Crippen LogP contribution is -2.59. The third kappa shape index (κ3) is 3.51. The minimum absolute atomic E-state index is 0.154. The first-order chi connectivity index (χ1) is 11.8. The smallest absolute Gasteiger partial charge is 0.328 e. The molecule has 0 aromatic heterocycles. The number of hydrogen-bond acceptors (Lipinski definition) is 5. The summed E-state index contributed by atoms with van der Waals surface area (Å²) in [6.07, 6.45) is 0. The maximum absolute atomic E-state index is 13.0. The van der Waals surface area contributed by atoms with Crippen molar-refractivity contribution in [3.63, 3.8) is 0 Å². The zero-order chi connectivity index (χ0) is 18.8. The quantitative estimate of drug-likeness (QED) is 0.640. The van der Waals surface area contributed by atoms with E-state index >= 15 is 0 Å². The van der Waals surface area contributed by atoms with E-state index in [0.29, 0.717) is 6.54 Å². The Labute approximate surface area is 152 Å². The van der Waals surface area contributed by atoms with Crippen molar-refractivity contribution in [2.75, 3.05) is 18.6 Å². The lowest BCUT2D eigenvalue weighted by Gasteiger charge is -2.39. The molecule has 2 amide bonds. The minimum atomic E-state index is -1.34. The molecule has 0 saturated carbocycles. The molecule has 1 aliphatic rings. The van der Waals surface area contributed by atoms with Crippen LogP contribution in [0.5, 0.6) is 0 Å². The number of hydrogen-bond donors (Lipinski definition) is 1. The van der Waals surface area contributed by atoms with E-state index in [2.05, 4.69) is 5.32 Å². The molecule has 25 heavy (non-hydrogen) atoms. The van der Waals surface area contributed by atoms with Gasteiger partial charge in [-0.3, -0.25) is 9.59 Å². The predicted molar refractivity (Wildman–Crippen MR) is 97.5 cm³/mol. The highest BCUT2D eigenvalue weighted by Crippen LogP contribution is 2.45. The van der Waals surface area contributed by atoms with Gasteiger partial charge in [0.25, 0.3) is 5.91 Å². The van der Waals surface area contributed by atoms with Crippen LogP contribution in [-0.2, 0) is 19.1 Å². The van der Waals surface area contributed by atoms with Crippen LogP contribution >= 0.6 is 11.8 Å². The Hall–Kier alpha value is -2.02. The van der Waals surface area contributed by atoms with Crippen molar-refractivity contribution in [1.29, 1.82) is 0 Å². The SMILES string of the molecule is CCN1C(=O)C(C)(C(=O)NC(C(=O)OC)C(C)C)Sc2ccccc21. The number of ether oxygens (including phenoxy) is 1. The van der Waals surface area contributed by atoms with Gasteiger partial charge in [-0.15, -0.1) is 0 Å². The molecule has 0 bridgehead atoms. The standard InChI is InChI=1S/C18H24N2O4S/c1-6-20-12-9-7-8-10-13(12)25-18(4,17(20)23)16(22)19-14(11(2)3)15(21)24-5/h7-11,14H,6H2,1-5H3,(H,19,22). The second-order valence-corrected chi connectivity index (χ2v) is 7.83. The molecule has 2 unspecified atom stereocenters. The number of carbonyl (C=O) groups is 3. The zero-order valence-electron chi connectivity index (χ0n) is 15.2. The second kappa shape index (κ2) is 7.47. The van der Waals surface area contributed by atoms with Gasteiger partial charge in [-0.2, -0.15) is 0 Å². The summed E-state index contributed by atoms with van der Waals surface area (Å²) in [6, 6.07) is 6.70. The third-order valence-electron chi connectivity index (χ3n) is 4.28. The first-order valence-corrected chi connectivity index (χ1v) is 9.06. The van der Waals surface area contributed by atoms with Crippen molar-refractivity contribution in [2.45, 2.75) is 43.4 Å². The molecule has 1 aromatic rings. The highest BCUT2D eigenvalue weighted by molar-refractivity contribution is 8.02. The van der Waals surface area contributed by atoms with Crippen LogP contribution in [0.2, 0.25) is 0 Å². The summed E-state index contributed by atoms with van der Waals surface area (Å²) in [5, 5.41) is 2.70. The van der Waals surface area contributed by atoms with Crippen LogP contribution < -0.4 is 10.2 Å². The third-order valence-corrected chi connectivity index (χ3v) is 5.61. The van der Waals surface area contributed by atoms with Gasteiger partial charge in [0.05, 0.1) is 12.8 Å². The summed E-state index contributed by atoms with van der Waals surface area (Å²) in [6.45, 7) is 7.56. The van der Waals surface area contributed by atoms with E-state index < -0.39 is 22.7 Å². The molecule has 1 aromatic carbocycles. The lowest BCUT2D eigenvalue weighted by atomic mass is 10.0. The molecule has 2 atom stereocenters. The average molecular weight is 364 g/mol. The number of nitrogens with one attached hydrogen (secondary N) is 1. The molecule has 1 N–H and O–H groups in total. The Morgan fingerprint density at radius 2 is 1.96 bits per heavy atom. The van der Waals surface area contributed by atoms with E-state index in [1.54, 1.807) is 11.8 Å². The number of nitrogens with zero attached hydrogens (tertiary/aromatic N) is 1. The van der Waals surface area contributed by atoms with Gasteiger partial charge in [0, 0.05) is 11.4 Å². The number of amides is 2. The Bertz CT molecular complexity index is 691. The van der Waals surface area contributed by atoms with Crippen LogP contribution in [-0.4, -0.2) is 42.2 Å². The number of rotatable bonds is 5. The number of esters is 1. The van der Waals surface area contributed by atoms with E-state index in [1.807, 2.05) is 45.0 Å². The monoisotopic (exact) mass is 364 g/mol. The molecular formula is C18H24N2O4S. The first kappa shape index (κ1) is 19.3. The van der Waals surface area contributed by atoms with Crippen molar-refractivity contribution >= 4 is 35.2 Å². The summed E-state index contributed by atoms with van der Waals surface area (Å²) >= 11 is 1.21.